The first-order valence-corrected chi connectivity index (χ1v) is 9.46. The molecule has 1 N–H and O–H groups in total. The number of carbonyl (C=O) groups excluding carboxylic acids is 1. The van der Waals surface area contributed by atoms with Crippen molar-refractivity contribution in [3.05, 3.63) is 89.2 Å². The van der Waals surface area contributed by atoms with Crippen molar-refractivity contribution in [2.45, 2.75) is 18.7 Å². The summed E-state index contributed by atoms with van der Waals surface area (Å²) in [6, 6.07) is 16.4. The number of fused-ring (bicyclic) bond motifs is 1. The Labute approximate surface area is 175 Å². The maximum Gasteiger partial charge on any atom is 0.416 e. The molecule has 0 aromatic heterocycles. The maximum absolute atomic E-state index is 13.5. The summed E-state index contributed by atoms with van der Waals surface area (Å²) in [5.74, 6) is 0.0362. The zero-order chi connectivity index (χ0) is 22.0. The van der Waals surface area contributed by atoms with Crippen LogP contribution in [0, 0.1) is 5.82 Å². The van der Waals surface area contributed by atoms with Gasteiger partial charge in [0, 0.05) is 17.5 Å². The van der Waals surface area contributed by atoms with Crippen molar-refractivity contribution in [3.63, 3.8) is 0 Å². The number of hydrogen-bond donors (Lipinski definition) is 1. The number of ether oxygens (including phenoxy) is 2. The molecule has 1 atom stereocenters. The maximum atomic E-state index is 13.5. The van der Waals surface area contributed by atoms with Gasteiger partial charge in [0.2, 0.25) is 0 Å². The second-order valence-electron chi connectivity index (χ2n) is 7.06. The van der Waals surface area contributed by atoms with Gasteiger partial charge in [0.05, 0.1) is 12.1 Å². The fraction of sp³-hybridized carbons (Fsp3) is 0.174. The van der Waals surface area contributed by atoms with E-state index in [9.17, 15) is 22.4 Å². The molecular formula is C23H17F4NO3. The Morgan fingerprint density at radius 2 is 1.81 bits per heavy atom. The predicted molar refractivity (Wildman–Crippen MR) is 105 cm³/mol. The van der Waals surface area contributed by atoms with E-state index in [1.807, 2.05) is 36.4 Å². The molecule has 0 saturated carbocycles. The average molecular weight is 431 g/mol. The van der Waals surface area contributed by atoms with Crippen molar-refractivity contribution in [2.75, 3.05) is 6.54 Å². The normalized spacial score (nSPS) is 15.2. The minimum Gasteiger partial charge on any atom is -0.488 e. The average Bonchev–Trinajstić information content (AvgIpc) is 3.14. The largest absolute Gasteiger partial charge is 0.488 e. The van der Waals surface area contributed by atoms with Crippen LogP contribution >= 0.6 is 0 Å². The molecule has 0 radical (unpaired) electrons. The van der Waals surface area contributed by atoms with Crippen LogP contribution in [0.3, 0.4) is 0 Å². The predicted octanol–water partition coefficient (Wildman–Crippen LogP) is 5.37. The zero-order valence-corrected chi connectivity index (χ0v) is 16.1. The van der Waals surface area contributed by atoms with E-state index in [0.29, 0.717) is 35.8 Å². The molecule has 4 rings (SSSR count). The Kier molecular flexibility index (Phi) is 5.54. The summed E-state index contributed by atoms with van der Waals surface area (Å²) in [5.41, 5.74) is -0.729. The number of para-hydroxylation sites is 1. The van der Waals surface area contributed by atoms with Crippen LogP contribution in [0.1, 0.15) is 21.5 Å². The molecule has 4 nitrogen and oxygen atoms in total. The van der Waals surface area contributed by atoms with E-state index < -0.39 is 35.1 Å². The molecule has 31 heavy (non-hydrogen) atoms. The molecule has 0 saturated heterocycles. The number of rotatable bonds is 5. The van der Waals surface area contributed by atoms with Crippen LogP contribution in [-0.4, -0.2) is 18.6 Å². The summed E-state index contributed by atoms with van der Waals surface area (Å²) < 4.78 is 63.6. The van der Waals surface area contributed by atoms with E-state index in [-0.39, 0.29) is 6.54 Å². The quantitative estimate of drug-likeness (QED) is 0.553. The molecule has 160 valence electrons. The second-order valence-corrected chi connectivity index (χ2v) is 7.06. The molecule has 1 heterocycles. The smallest absolute Gasteiger partial charge is 0.416 e. The van der Waals surface area contributed by atoms with E-state index in [2.05, 4.69) is 5.32 Å². The lowest BCUT2D eigenvalue weighted by molar-refractivity contribution is -0.137. The van der Waals surface area contributed by atoms with Crippen molar-refractivity contribution in [1.29, 1.82) is 0 Å². The van der Waals surface area contributed by atoms with Crippen LogP contribution in [0.25, 0.3) is 0 Å². The van der Waals surface area contributed by atoms with Gasteiger partial charge in [-0.3, -0.25) is 4.79 Å². The van der Waals surface area contributed by atoms with Crippen LogP contribution in [0.4, 0.5) is 17.6 Å². The number of amides is 1. The molecule has 0 fully saturated rings. The Morgan fingerprint density at radius 3 is 2.55 bits per heavy atom. The van der Waals surface area contributed by atoms with E-state index >= 15 is 0 Å². The Bertz CT molecular complexity index is 1100. The lowest BCUT2D eigenvalue weighted by Gasteiger charge is -2.13. The second kappa shape index (κ2) is 8.29. The van der Waals surface area contributed by atoms with Crippen molar-refractivity contribution < 1.29 is 31.8 Å². The minimum atomic E-state index is -4.74. The van der Waals surface area contributed by atoms with Crippen molar-refractivity contribution in [1.82, 2.24) is 5.32 Å². The highest BCUT2D eigenvalue weighted by Gasteiger charge is 2.32. The Hall–Kier alpha value is -3.55. The van der Waals surface area contributed by atoms with Crippen molar-refractivity contribution >= 4 is 5.91 Å². The summed E-state index contributed by atoms with van der Waals surface area (Å²) in [7, 11) is 0. The van der Waals surface area contributed by atoms with Gasteiger partial charge in [-0.15, -0.1) is 0 Å². The molecule has 0 bridgehead atoms. The third-order valence-electron chi connectivity index (χ3n) is 4.73. The van der Waals surface area contributed by atoms with Gasteiger partial charge in [0.25, 0.3) is 5.91 Å². The van der Waals surface area contributed by atoms with E-state index in [4.69, 9.17) is 9.47 Å². The van der Waals surface area contributed by atoms with Gasteiger partial charge in [-0.2, -0.15) is 13.2 Å². The summed E-state index contributed by atoms with van der Waals surface area (Å²) in [4.78, 5) is 12.2. The summed E-state index contributed by atoms with van der Waals surface area (Å²) >= 11 is 0. The highest BCUT2D eigenvalue weighted by Crippen LogP contribution is 2.34. The van der Waals surface area contributed by atoms with Gasteiger partial charge in [-0.1, -0.05) is 18.2 Å². The summed E-state index contributed by atoms with van der Waals surface area (Å²) in [6.07, 6.45) is -4.66. The first-order valence-electron chi connectivity index (χ1n) is 9.46. The third kappa shape index (κ3) is 4.96. The Balaban J connectivity index is 1.37. The molecule has 1 aliphatic rings. The van der Waals surface area contributed by atoms with Gasteiger partial charge >= 0.3 is 6.18 Å². The number of benzene rings is 3. The molecular weight excluding hydrogens is 414 g/mol. The highest BCUT2D eigenvalue weighted by atomic mass is 19.4. The molecule has 3 aromatic rings. The van der Waals surface area contributed by atoms with E-state index in [1.54, 1.807) is 12.1 Å². The van der Waals surface area contributed by atoms with Gasteiger partial charge in [0.1, 0.15) is 29.2 Å². The fourth-order valence-corrected chi connectivity index (χ4v) is 3.29. The number of alkyl halides is 3. The third-order valence-corrected chi connectivity index (χ3v) is 4.73. The lowest BCUT2D eigenvalue weighted by atomic mass is 10.1. The van der Waals surface area contributed by atoms with Gasteiger partial charge in [0.15, 0.2) is 0 Å². The summed E-state index contributed by atoms with van der Waals surface area (Å²) in [5, 5.41) is 2.51. The first-order chi connectivity index (χ1) is 14.8. The van der Waals surface area contributed by atoms with Crippen LogP contribution in [0.2, 0.25) is 0 Å². The molecule has 0 unspecified atom stereocenters. The monoisotopic (exact) mass is 431 g/mol. The molecule has 1 aliphatic heterocycles. The topological polar surface area (TPSA) is 47.6 Å². The van der Waals surface area contributed by atoms with Gasteiger partial charge < -0.3 is 14.8 Å². The molecule has 3 aromatic carbocycles. The molecule has 8 heteroatoms. The van der Waals surface area contributed by atoms with Gasteiger partial charge in [-0.25, -0.2) is 4.39 Å². The van der Waals surface area contributed by atoms with Gasteiger partial charge in [-0.05, 0) is 48.5 Å². The zero-order valence-electron chi connectivity index (χ0n) is 16.1. The Morgan fingerprint density at radius 1 is 1.03 bits per heavy atom. The minimum absolute atomic E-state index is 0.0558. The van der Waals surface area contributed by atoms with Crippen LogP contribution in [-0.2, 0) is 12.6 Å². The van der Waals surface area contributed by atoms with Crippen molar-refractivity contribution in [2.24, 2.45) is 0 Å². The van der Waals surface area contributed by atoms with Crippen molar-refractivity contribution in [3.8, 4) is 17.2 Å². The van der Waals surface area contributed by atoms with E-state index in [1.165, 1.54) is 0 Å². The highest BCUT2D eigenvalue weighted by molar-refractivity contribution is 5.94. The summed E-state index contributed by atoms with van der Waals surface area (Å²) in [6.45, 7) is 0.0558. The number of hydrogen-bond acceptors (Lipinski definition) is 3. The van der Waals surface area contributed by atoms with Crippen LogP contribution in [0.5, 0.6) is 17.2 Å². The molecule has 0 aliphatic carbocycles. The van der Waals surface area contributed by atoms with Crippen LogP contribution in [0.15, 0.2) is 66.7 Å². The standard InChI is InChI=1S/C23H17F4NO3/c24-17-9-15(8-16(12-17)23(25,26)27)22(29)28-13-20-11-14-10-19(6-7-21(14)31-20)30-18-4-2-1-3-5-18/h1-10,12,20H,11,13H2,(H,28,29)/t20-/m0/s1. The molecule has 0 spiro atoms. The SMILES string of the molecule is O=C(NC[C@@H]1Cc2cc(Oc3ccccc3)ccc2O1)c1cc(F)cc(C(F)(F)F)c1. The number of halogens is 4. The first kappa shape index (κ1) is 20.7. The number of carbonyl (C=O) groups is 1. The fourth-order valence-electron chi connectivity index (χ4n) is 3.29. The van der Waals surface area contributed by atoms with Crippen LogP contribution < -0.4 is 14.8 Å². The molecule has 1 amide bonds. The number of nitrogens with one attached hydrogen (secondary N) is 1. The van der Waals surface area contributed by atoms with E-state index in [0.717, 1.165) is 11.6 Å². The lowest BCUT2D eigenvalue weighted by Crippen LogP contribution is -2.34.